The van der Waals surface area contributed by atoms with Gasteiger partial charge in [-0.3, -0.25) is 10.1 Å². The van der Waals surface area contributed by atoms with Crippen LogP contribution in [-0.4, -0.2) is 13.3 Å². The summed E-state index contributed by atoms with van der Waals surface area (Å²) in [6.07, 6.45) is 0. The highest BCUT2D eigenvalue weighted by Gasteiger charge is 2.23. The van der Waals surface area contributed by atoms with Crippen molar-refractivity contribution in [1.82, 2.24) is 0 Å². The van der Waals surface area contributed by atoms with Crippen LogP contribution in [-0.2, 0) is 10.2 Å². The Labute approximate surface area is 83.7 Å². The maximum atomic E-state index is 13.0. The number of benzene rings is 1. The van der Waals surface area contributed by atoms with E-state index in [1.165, 1.54) is 6.92 Å². The van der Waals surface area contributed by atoms with Gasteiger partial charge in [-0.15, -0.1) is 3.89 Å². The van der Waals surface area contributed by atoms with E-state index in [0.29, 0.717) is 12.1 Å². The molecule has 0 fully saturated rings. The van der Waals surface area contributed by atoms with Gasteiger partial charge < -0.3 is 0 Å². The van der Waals surface area contributed by atoms with Crippen LogP contribution in [0.2, 0.25) is 0 Å². The van der Waals surface area contributed by atoms with Gasteiger partial charge in [0, 0.05) is 5.56 Å². The molecule has 0 aliphatic rings. The van der Waals surface area contributed by atoms with Crippen LogP contribution < -0.4 is 0 Å². The number of aryl methyl sites for hydroxylation is 1. The summed E-state index contributed by atoms with van der Waals surface area (Å²) in [7, 11) is -5.20. The zero-order valence-corrected chi connectivity index (χ0v) is 8.22. The van der Waals surface area contributed by atoms with E-state index in [1.54, 1.807) is 0 Å². The Balaban J connectivity index is 3.52. The van der Waals surface area contributed by atoms with Crippen LogP contribution in [0.3, 0.4) is 0 Å². The van der Waals surface area contributed by atoms with E-state index in [4.69, 9.17) is 0 Å². The number of rotatable bonds is 2. The van der Waals surface area contributed by atoms with Crippen molar-refractivity contribution in [3.8, 4) is 0 Å². The number of nitro groups is 1. The minimum Gasteiger partial charge on any atom is -0.258 e. The first-order valence-corrected chi connectivity index (χ1v) is 5.01. The zero-order chi connectivity index (χ0) is 11.8. The van der Waals surface area contributed by atoms with Crippen molar-refractivity contribution in [2.24, 2.45) is 0 Å². The molecule has 0 N–H and O–H groups in total. The van der Waals surface area contributed by atoms with Gasteiger partial charge in [0.05, 0.1) is 11.0 Å². The van der Waals surface area contributed by atoms with Crippen molar-refractivity contribution in [2.75, 3.05) is 0 Å². The second kappa shape index (κ2) is 3.54. The minimum atomic E-state index is -5.20. The average molecular weight is 237 g/mol. The summed E-state index contributed by atoms with van der Waals surface area (Å²) < 4.78 is 46.2. The first kappa shape index (κ1) is 11.5. The smallest absolute Gasteiger partial charge is 0.258 e. The second-order valence-electron chi connectivity index (χ2n) is 2.76. The van der Waals surface area contributed by atoms with E-state index in [-0.39, 0.29) is 5.56 Å². The van der Waals surface area contributed by atoms with Crippen LogP contribution in [0.5, 0.6) is 0 Å². The minimum absolute atomic E-state index is 0.127. The van der Waals surface area contributed by atoms with Crippen LogP contribution >= 0.6 is 0 Å². The van der Waals surface area contributed by atoms with Crippen molar-refractivity contribution < 1.29 is 21.6 Å². The van der Waals surface area contributed by atoms with Gasteiger partial charge in [0.2, 0.25) is 0 Å². The van der Waals surface area contributed by atoms with Crippen LogP contribution in [0.4, 0.5) is 14.0 Å². The van der Waals surface area contributed by atoms with Crippen LogP contribution in [0.15, 0.2) is 17.0 Å². The topological polar surface area (TPSA) is 77.3 Å². The zero-order valence-electron chi connectivity index (χ0n) is 7.40. The molecule has 0 radical (unpaired) electrons. The molecule has 0 aliphatic heterocycles. The van der Waals surface area contributed by atoms with Crippen molar-refractivity contribution >= 4 is 15.9 Å². The molecule has 0 atom stereocenters. The van der Waals surface area contributed by atoms with E-state index in [0.717, 1.165) is 0 Å². The summed E-state index contributed by atoms with van der Waals surface area (Å²) in [6.45, 7) is 1.19. The molecule has 82 valence electrons. The van der Waals surface area contributed by atoms with Crippen molar-refractivity contribution in [2.45, 2.75) is 11.8 Å². The summed E-state index contributed by atoms with van der Waals surface area (Å²) in [5.74, 6) is -1.48. The monoisotopic (exact) mass is 237 g/mol. The van der Waals surface area contributed by atoms with E-state index in [1.807, 2.05) is 0 Å². The normalized spacial score (nSPS) is 11.4. The highest BCUT2D eigenvalue weighted by atomic mass is 32.3. The number of halogens is 2. The summed E-state index contributed by atoms with van der Waals surface area (Å²) in [4.78, 5) is 8.26. The van der Waals surface area contributed by atoms with Gasteiger partial charge >= 0.3 is 10.2 Å². The van der Waals surface area contributed by atoms with E-state index in [9.17, 15) is 26.8 Å². The lowest BCUT2D eigenvalue weighted by atomic mass is 10.2. The lowest BCUT2D eigenvalue weighted by Crippen LogP contribution is -2.00. The lowest BCUT2D eigenvalue weighted by Gasteiger charge is -2.00. The van der Waals surface area contributed by atoms with E-state index >= 15 is 0 Å². The molecule has 0 heterocycles. The third-order valence-corrected chi connectivity index (χ3v) is 2.55. The predicted molar refractivity (Wildman–Crippen MR) is 46.1 cm³/mol. The molecule has 0 aliphatic carbocycles. The van der Waals surface area contributed by atoms with Crippen LogP contribution in [0.25, 0.3) is 0 Å². The number of nitro benzene ring substituents is 1. The summed E-state index contributed by atoms with van der Waals surface area (Å²) >= 11 is 0. The molecule has 1 aromatic carbocycles. The third-order valence-electron chi connectivity index (χ3n) is 1.71. The molecule has 0 unspecified atom stereocenters. The van der Waals surface area contributed by atoms with Crippen molar-refractivity contribution in [1.29, 1.82) is 0 Å². The van der Waals surface area contributed by atoms with Gasteiger partial charge in [-0.25, -0.2) is 4.39 Å². The van der Waals surface area contributed by atoms with Crippen molar-refractivity contribution in [3.63, 3.8) is 0 Å². The van der Waals surface area contributed by atoms with Gasteiger partial charge in [-0.1, -0.05) is 0 Å². The fourth-order valence-electron chi connectivity index (χ4n) is 1.03. The van der Waals surface area contributed by atoms with Crippen molar-refractivity contribution in [3.05, 3.63) is 33.6 Å². The van der Waals surface area contributed by atoms with Crippen LogP contribution in [0.1, 0.15) is 5.56 Å². The average Bonchev–Trinajstić information content (AvgIpc) is 2.06. The predicted octanol–water partition coefficient (Wildman–Crippen LogP) is 1.70. The molecule has 0 saturated heterocycles. The first-order valence-electron chi connectivity index (χ1n) is 3.62. The second-order valence-corrected chi connectivity index (χ2v) is 4.08. The molecule has 0 amide bonds. The Morgan fingerprint density at radius 1 is 1.40 bits per heavy atom. The molecule has 0 saturated carbocycles. The number of hydrogen-bond donors (Lipinski definition) is 0. The van der Waals surface area contributed by atoms with Gasteiger partial charge in [0.1, 0.15) is 4.90 Å². The lowest BCUT2D eigenvalue weighted by molar-refractivity contribution is -0.385. The van der Waals surface area contributed by atoms with Gasteiger partial charge in [-0.05, 0) is 13.0 Å². The highest BCUT2D eigenvalue weighted by Crippen LogP contribution is 2.25. The molecule has 1 rings (SSSR count). The molecule has 0 aromatic heterocycles. The standard InChI is InChI=1S/C7H5F2NO4S/c1-4-2-7(15(9,13)14)5(8)3-6(4)10(11)12/h2-3H,1H3. The molecule has 8 heteroatoms. The molecule has 1 aromatic rings. The maximum Gasteiger partial charge on any atom is 0.335 e. The molecule has 5 nitrogen and oxygen atoms in total. The number of nitrogens with zero attached hydrogens (tertiary/aromatic N) is 1. The maximum absolute atomic E-state index is 13.0. The molecule has 0 bridgehead atoms. The quantitative estimate of drug-likeness (QED) is 0.445. The Morgan fingerprint density at radius 2 is 1.93 bits per heavy atom. The largest absolute Gasteiger partial charge is 0.335 e. The molecule has 0 spiro atoms. The Morgan fingerprint density at radius 3 is 2.33 bits per heavy atom. The molecule has 15 heavy (non-hydrogen) atoms. The highest BCUT2D eigenvalue weighted by molar-refractivity contribution is 7.86. The number of hydrogen-bond acceptors (Lipinski definition) is 4. The summed E-state index contributed by atoms with van der Waals surface area (Å²) in [6, 6.07) is 0.963. The molecular formula is C7H5F2NO4S. The summed E-state index contributed by atoms with van der Waals surface area (Å²) in [5, 5.41) is 10.3. The van der Waals surface area contributed by atoms with Crippen LogP contribution in [0, 0.1) is 22.9 Å². The molecular weight excluding hydrogens is 232 g/mol. The Bertz CT molecular complexity index is 526. The Hall–Kier alpha value is -1.57. The third kappa shape index (κ3) is 2.27. The van der Waals surface area contributed by atoms with E-state index < -0.39 is 31.5 Å². The fourth-order valence-corrected chi connectivity index (χ4v) is 1.64. The summed E-state index contributed by atoms with van der Waals surface area (Å²) in [5.41, 5.74) is -0.725. The Kier molecular flexibility index (Phi) is 2.71. The van der Waals surface area contributed by atoms with Gasteiger partial charge in [0.15, 0.2) is 5.82 Å². The SMILES string of the molecule is Cc1cc(S(=O)(=O)F)c(F)cc1[N+](=O)[O-]. The first-order chi connectivity index (χ1) is 6.73. The van der Waals surface area contributed by atoms with E-state index in [2.05, 4.69) is 0 Å². The fraction of sp³-hybridized carbons (Fsp3) is 0.143. The van der Waals surface area contributed by atoms with Gasteiger partial charge in [-0.2, -0.15) is 8.42 Å². The van der Waals surface area contributed by atoms with Gasteiger partial charge in [0.25, 0.3) is 5.69 Å².